The standard InChI is InChI=1S/C39H59N5O8S/c1-7-17-52-33(37-41-30(22-53-37)35(47)40-26-18-25-12-13-27(46)20-28(25)29(19-26)39(50)51)21-32(23(3)4)44(15-16-45)38(49)34(24(5)8-2)42-36(48)31-11-9-10-14-43(31)6/h12-13,20,22-24,26,29,31-34,45-46H,7-11,14-19,21H2,1-6H3,(H,40,47)(H,42,48)(H,50,51). The molecule has 1 aliphatic carbocycles. The molecule has 1 aromatic heterocycles. The quantitative estimate of drug-likeness (QED) is 0.146. The van der Waals surface area contributed by atoms with E-state index >= 15 is 0 Å². The molecule has 7 atom stereocenters. The van der Waals surface area contributed by atoms with E-state index in [9.17, 15) is 34.5 Å². The first-order valence-corrected chi connectivity index (χ1v) is 20.0. The number of piperidine rings is 1. The lowest BCUT2D eigenvalue weighted by atomic mass is 9.80. The van der Waals surface area contributed by atoms with Crippen LogP contribution >= 0.6 is 11.3 Å². The number of hydrogen-bond acceptors (Lipinski definition) is 10. The van der Waals surface area contributed by atoms with Gasteiger partial charge in [0, 0.05) is 37.0 Å². The minimum Gasteiger partial charge on any atom is -0.508 e. The van der Waals surface area contributed by atoms with Gasteiger partial charge in [-0.3, -0.25) is 24.1 Å². The number of hydrogen-bond donors (Lipinski definition) is 5. The van der Waals surface area contributed by atoms with Crippen molar-refractivity contribution in [1.29, 1.82) is 0 Å². The molecule has 7 unspecified atom stereocenters. The van der Waals surface area contributed by atoms with Gasteiger partial charge in [-0.05, 0) is 80.8 Å². The van der Waals surface area contributed by atoms with Crippen LogP contribution in [0.1, 0.15) is 118 Å². The molecule has 294 valence electrons. The van der Waals surface area contributed by atoms with Crippen LogP contribution < -0.4 is 10.6 Å². The summed E-state index contributed by atoms with van der Waals surface area (Å²) in [6, 6.07) is 2.80. The molecule has 4 rings (SSSR count). The van der Waals surface area contributed by atoms with Gasteiger partial charge in [-0.1, -0.05) is 53.5 Å². The number of likely N-dealkylation sites (N-methyl/N-ethyl adjacent to an activating group) is 1. The zero-order valence-corrected chi connectivity index (χ0v) is 32.9. The minimum absolute atomic E-state index is 0.000632. The van der Waals surface area contributed by atoms with Crippen molar-refractivity contribution in [1.82, 2.24) is 25.4 Å². The number of likely N-dealkylation sites (tertiary alicyclic amines) is 1. The number of aliphatic hydroxyl groups excluding tert-OH is 1. The molecule has 0 spiro atoms. The molecular formula is C39H59N5O8S. The molecule has 0 radical (unpaired) electrons. The van der Waals surface area contributed by atoms with Crippen molar-refractivity contribution in [3.05, 3.63) is 45.4 Å². The highest BCUT2D eigenvalue weighted by atomic mass is 32.1. The molecule has 2 aromatic rings. The number of carboxylic acid groups (broad SMARTS) is 1. The number of carbonyl (C=O) groups is 4. The van der Waals surface area contributed by atoms with Crippen molar-refractivity contribution in [3.63, 3.8) is 0 Å². The van der Waals surface area contributed by atoms with Crippen molar-refractivity contribution in [2.75, 3.05) is 33.4 Å². The SMILES string of the molecule is CCCOC(CC(C(C)C)N(CCO)C(=O)C(NC(=O)C1CCCCN1C)C(C)CC)c1nc(C(=O)NC2Cc3ccc(O)cc3C(C(=O)O)C2)cs1. The van der Waals surface area contributed by atoms with Crippen LogP contribution in [0.25, 0.3) is 0 Å². The minimum atomic E-state index is -1.02. The molecule has 14 heteroatoms. The maximum atomic E-state index is 14.5. The number of benzene rings is 1. The fourth-order valence-corrected chi connectivity index (χ4v) is 8.40. The van der Waals surface area contributed by atoms with E-state index in [4.69, 9.17) is 9.72 Å². The van der Waals surface area contributed by atoms with E-state index in [1.165, 1.54) is 23.5 Å². The van der Waals surface area contributed by atoms with Gasteiger partial charge in [-0.25, -0.2) is 4.98 Å². The van der Waals surface area contributed by atoms with Gasteiger partial charge in [0.15, 0.2) is 0 Å². The first kappa shape index (κ1) is 42.2. The predicted molar refractivity (Wildman–Crippen MR) is 203 cm³/mol. The highest BCUT2D eigenvalue weighted by Gasteiger charge is 2.39. The summed E-state index contributed by atoms with van der Waals surface area (Å²) in [6.45, 7) is 11.1. The Morgan fingerprint density at radius 3 is 2.55 bits per heavy atom. The number of thiazole rings is 1. The highest BCUT2D eigenvalue weighted by Crippen LogP contribution is 2.35. The third-order valence-electron chi connectivity index (χ3n) is 10.8. The van der Waals surface area contributed by atoms with Crippen LogP contribution in [-0.4, -0.2) is 111 Å². The van der Waals surface area contributed by atoms with E-state index < -0.39 is 36.0 Å². The number of aromatic hydroxyl groups is 1. The molecule has 5 N–H and O–H groups in total. The zero-order valence-electron chi connectivity index (χ0n) is 32.0. The third kappa shape index (κ3) is 10.8. The summed E-state index contributed by atoms with van der Waals surface area (Å²) in [5.74, 6) is -2.89. The van der Waals surface area contributed by atoms with E-state index in [1.54, 1.807) is 16.3 Å². The molecular weight excluding hydrogens is 699 g/mol. The fraction of sp³-hybridized carbons (Fsp3) is 0.667. The number of fused-ring (bicyclic) bond motifs is 1. The van der Waals surface area contributed by atoms with Gasteiger partial charge >= 0.3 is 5.97 Å². The topological polar surface area (TPSA) is 182 Å². The van der Waals surface area contributed by atoms with Crippen LogP contribution in [0, 0.1) is 11.8 Å². The number of ether oxygens (including phenoxy) is 1. The fourth-order valence-electron chi connectivity index (χ4n) is 7.54. The first-order valence-electron chi connectivity index (χ1n) is 19.1. The lowest BCUT2D eigenvalue weighted by molar-refractivity contribution is -0.143. The van der Waals surface area contributed by atoms with E-state index in [1.807, 2.05) is 46.6 Å². The normalized spacial score (nSPS) is 21.2. The van der Waals surface area contributed by atoms with Gasteiger partial charge in [-0.15, -0.1) is 11.3 Å². The Labute approximate surface area is 317 Å². The molecule has 53 heavy (non-hydrogen) atoms. The second-order valence-electron chi connectivity index (χ2n) is 15.0. The Kier molecular flexibility index (Phi) is 15.6. The summed E-state index contributed by atoms with van der Waals surface area (Å²) in [5, 5.41) is 38.3. The number of rotatable bonds is 18. The molecule has 2 heterocycles. The summed E-state index contributed by atoms with van der Waals surface area (Å²) in [4.78, 5) is 62.0. The average Bonchev–Trinajstić information content (AvgIpc) is 3.63. The van der Waals surface area contributed by atoms with Crippen LogP contribution in [0.5, 0.6) is 5.75 Å². The number of nitrogens with one attached hydrogen (secondary N) is 2. The van der Waals surface area contributed by atoms with E-state index in [-0.39, 0.29) is 66.7 Å². The number of nitrogens with zero attached hydrogens (tertiary/aromatic N) is 3. The summed E-state index contributed by atoms with van der Waals surface area (Å²) < 4.78 is 6.34. The Morgan fingerprint density at radius 2 is 1.91 bits per heavy atom. The molecule has 13 nitrogen and oxygen atoms in total. The maximum absolute atomic E-state index is 14.5. The van der Waals surface area contributed by atoms with Gasteiger partial charge in [0.1, 0.15) is 28.6 Å². The lowest BCUT2D eigenvalue weighted by Crippen LogP contribution is -2.59. The molecule has 1 aliphatic heterocycles. The average molecular weight is 758 g/mol. The second kappa shape index (κ2) is 19.7. The molecule has 2 aliphatic rings. The number of aromatic nitrogens is 1. The van der Waals surface area contributed by atoms with Crippen molar-refractivity contribution in [3.8, 4) is 5.75 Å². The van der Waals surface area contributed by atoms with Gasteiger partial charge in [0.05, 0.1) is 18.6 Å². The Bertz CT molecular complexity index is 1550. The summed E-state index contributed by atoms with van der Waals surface area (Å²) in [6.07, 6.45) is 4.56. The Morgan fingerprint density at radius 1 is 1.15 bits per heavy atom. The second-order valence-corrected chi connectivity index (χ2v) is 15.9. The van der Waals surface area contributed by atoms with Crippen LogP contribution in [0.2, 0.25) is 0 Å². The van der Waals surface area contributed by atoms with Crippen LogP contribution in [0.3, 0.4) is 0 Å². The molecule has 1 saturated heterocycles. The summed E-state index contributed by atoms with van der Waals surface area (Å²) in [7, 11) is 1.94. The third-order valence-corrected chi connectivity index (χ3v) is 11.7. The summed E-state index contributed by atoms with van der Waals surface area (Å²) in [5.41, 5.74) is 1.50. The molecule has 0 saturated carbocycles. The van der Waals surface area contributed by atoms with Gasteiger partial charge < -0.3 is 35.6 Å². The molecule has 1 fully saturated rings. The van der Waals surface area contributed by atoms with Crippen LogP contribution in [0.15, 0.2) is 23.6 Å². The number of phenols is 1. The monoisotopic (exact) mass is 757 g/mol. The van der Waals surface area contributed by atoms with Crippen LogP contribution in [-0.2, 0) is 25.5 Å². The number of carbonyl (C=O) groups excluding carboxylic acids is 3. The van der Waals surface area contributed by atoms with Crippen molar-refractivity contribution >= 4 is 35.0 Å². The number of aliphatic hydroxyl groups is 1. The first-order chi connectivity index (χ1) is 25.3. The van der Waals surface area contributed by atoms with Gasteiger partial charge in [0.25, 0.3) is 5.91 Å². The summed E-state index contributed by atoms with van der Waals surface area (Å²) >= 11 is 1.29. The zero-order chi connectivity index (χ0) is 38.8. The smallest absolute Gasteiger partial charge is 0.311 e. The van der Waals surface area contributed by atoms with E-state index in [0.29, 0.717) is 36.4 Å². The van der Waals surface area contributed by atoms with Crippen molar-refractivity contribution in [2.45, 2.75) is 122 Å². The van der Waals surface area contributed by atoms with Gasteiger partial charge in [0.2, 0.25) is 11.8 Å². The van der Waals surface area contributed by atoms with E-state index in [2.05, 4.69) is 10.6 Å². The molecule has 1 aromatic carbocycles. The number of aliphatic carboxylic acids is 1. The van der Waals surface area contributed by atoms with Crippen molar-refractivity contribution < 1.29 is 39.2 Å². The Hall–Kier alpha value is -3.59. The Balaban J connectivity index is 1.54. The lowest BCUT2D eigenvalue weighted by Gasteiger charge is -2.40. The number of carboxylic acids is 1. The van der Waals surface area contributed by atoms with Crippen molar-refractivity contribution in [2.24, 2.45) is 11.8 Å². The highest BCUT2D eigenvalue weighted by molar-refractivity contribution is 7.09. The maximum Gasteiger partial charge on any atom is 0.311 e. The predicted octanol–water partition coefficient (Wildman–Crippen LogP) is 4.48. The number of phenolic OH excluding ortho intramolecular Hbond substituents is 1. The van der Waals surface area contributed by atoms with E-state index in [0.717, 1.165) is 37.8 Å². The van der Waals surface area contributed by atoms with Gasteiger partial charge in [-0.2, -0.15) is 0 Å². The number of amides is 3. The molecule has 0 bridgehead atoms. The largest absolute Gasteiger partial charge is 0.508 e. The molecule has 3 amide bonds. The van der Waals surface area contributed by atoms with Crippen LogP contribution in [0.4, 0.5) is 0 Å².